The summed E-state index contributed by atoms with van der Waals surface area (Å²) < 4.78 is 43.6. The van der Waals surface area contributed by atoms with Crippen molar-refractivity contribution in [2.24, 2.45) is 0 Å². The van der Waals surface area contributed by atoms with Crippen molar-refractivity contribution in [2.75, 3.05) is 31.1 Å². The first-order chi connectivity index (χ1) is 16.8. The maximum atomic E-state index is 15.2. The number of halogens is 1. The molecule has 186 valence electrons. The van der Waals surface area contributed by atoms with Crippen molar-refractivity contribution in [3.8, 4) is 0 Å². The number of hydrogen-bond acceptors (Lipinski definition) is 5. The topological polar surface area (TPSA) is 90.0 Å². The molecule has 8 nitrogen and oxygen atoms in total. The lowest BCUT2D eigenvalue weighted by atomic mass is 10.0. The number of rotatable bonds is 4. The van der Waals surface area contributed by atoms with Gasteiger partial charge in [-0.1, -0.05) is 36.4 Å². The Morgan fingerprint density at radius 2 is 1.83 bits per heavy atom. The van der Waals surface area contributed by atoms with Gasteiger partial charge in [0.1, 0.15) is 17.1 Å². The van der Waals surface area contributed by atoms with Gasteiger partial charge in [0.2, 0.25) is 21.8 Å². The number of carbonyl (C=O) groups is 2. The van der Waals surface area contributed by atoms with Gasteiger partial charge in [0.25, 0.3) is 0 Å². The minimum Gasteiger partial charge on any atom is -0.367 e. The summed E-state index contributed by atoms with van der Waals surface area (Å²) in [6.45, 7) is 3.01. The van der Waals surface area contributed by atoms with E-state index < -0.39 is 27.1 Å². The van der Waals surface area contributed by atoms with E-state index in [1.807, 2.05) is 42.2 Å². The minimum atomic E-state index is -3.66. The molecule has 2 aromatic carbocycles. The molecule has 3 aliphatic heterocycles. The molecule has 0 saturated carbocycles. The summed E-state index contributed by atoms with van der Waals surface area (Å²) in [5.74, 6) is -0.802. The summed E-state index contributed by atoms with van der Waals surface area (Å²) in [4.78, 5) is 27.8. The third kappa shape index (κ3) is 4.40. The summed E-state index contributed by atoms with van der Waals surface area (Å²) in [7, 11) is -3.66. The van der Waals surface area contributed by atoms with E-state index in [0.29, 0.717) is 37.2 Å². The molecule has 5 rings (SSSR count). The highest BCUT2D eigenvalue weighted by atomic mass is 32.2. The average molecular weight is 501 g/mol. The van der Waals surface area contributed by atoms with Crippen LogP contribution < -0.4 is 10.2 Å². The van der Waals surface area contributed by atoms with Crippen molar-refractivity contribution < 1.29 is 22.4 Å². The van der Waals surface area contributed by atoms with Crippen LogP contribution in [0, 0.1) is 5.82 Å². The predicted octanol–water partition coefficient (Wildman–Crippen LogP) is 2.03. The van der Waals surface area contributed by atoms with Crippen molar-refractivity contribution >= 4 is 27.5 Å². The monoisotopic (exact) mass is 500 g/mol. The van der Waals surface area contributed by atoms with E-state index in [9.17, 15) is 18.0 Å². The fourth-order valence-corrected chi connectivity index (χ4v) is 7.49. The summed E-state index contributed by atoms with van der Waals surface area (Å²) in [5, 5.41) is 1.97. The molecule has 0 spiro atoms. The van der Waals surface area contributed by atoms with E-state index in [1.54, 1.807) is 17.0 Å². The third-order valence-electron chi connectivity index (χ3n) is 7.34. The van der Waals surface area contributed by atoms with Gasteiger partial charge in [-0.25, -0.2) is 12.8 Å². The number of hydrogen-bond donors (Lipinski definition) is 1. The quantitative estimate of drug-likeness (QED) is 0.694. The molecule has 10 heteroatoms. The number of carbonyl (C=O) groups excluding carboxylic acids is 2. The van der Waals surface area contributed by atoms with Crippen molar-refractivity contribution in [3.63, 3.8) is 0 Å². The Balaban J connectivity index is 1.34. The zero-order chi connectivity index (χ0) is 24.7. The number of benzene rings is 2. The van der Waals surface area contributed by atoms with Crippen LogP contribution in [0.25, 0.3) is 0 Å². The van der Waals surface area contributed by atoms with Crippen LogP contribution in [-0.4, -0.2) is 67.7 Å². The standard InChI is InChI=1S/C25H29FN4O4S/c1-17-7-10-23(18-5-3-2-4-6-18)35(33,34)30(17)15-19-8-9-20(13-21(19)26)28-11-12-29-22(16-28)25(32)27-14-24(29)31/h2-6,8-9,13,17,22-23H,7,10-12,14-16H2,1H3,(H,27,32)/t17-,22+,23?/m0/s1. The average Bonchev–Trinajstić information content (AvgIpc) is 2.85. The number of sulfonamides is 1. The van der Waals surface area contributed by atoms with Gasteiger partial charge in [0, 0.05) is 43.5 Å². The lowest BCUT2D eigenvalue weighted by Crippen LogP contribution is -2.66. The van der Waals surface area contributed by atoms with Crippen molar-refractivity contribution in [1.82, 2.24) is 14.5 Å². The van der Waals surface area contributed by atoms with Crippen molar-refractivity contribution in [1.29, 1.82) is 0 Å². The summed E-state index contributed by atoms with van der Waals surface area (Å²) in [6, 6.07) is 13.1. The second-order valence-electron chi connectivity index (χ2n) is 9.46. The molecule has 3 atom stereocenters. The van der Waals surface area contributed by atoms with E-state index in [1.165, 1.54) is 10.4 Å². The van der Waals surface area contributed by atoms with Crippen LogP contribution in [-0.2, 0) is 26.2 Å². The van der Waals surface area contributed by atoms with E-state index in [0.717, 1.165) is 5.56 Å². The molecule has 1 unspecified atom stereocenters. The fourth-order valence-electron chi connectivity index (χ4n) is 5.30. The predicted molar refractivity (Wildman–Crippen MR) is 129 cm³/mol. The Morgan fingerprint density at radius 1 is 1.06 bits per heavy atom. The molecule has 0 bridgehead atoms. The SMILES string of the molecule is C[C@H]1CCC(c2ccccc2)S(=O)(=O)N1Cc1ccc(N2CCN3C(=O)CNC(=O)[C@H]3C2)cc1F. The number of nitrogens with zero attached hydrogens (tertiary/aromatic N) is 3. The van der Waals surface area contributed by atoms with Gasteiger partial charge in [-0.3, -0.25) is 9.59 Å². The molecule has 1 N–H and O–H groups in total. The highest BCUT2D eigenvalue weighted by molar-refractivity contribution is 7.89. The smallest absolute Gasteiger partial charge is 0.245 e. The molecular formula is C25H29FN4O4S. The lowest BCUT2D eigenvalue weighted by Gasteiger charge is -2.43. The van der Waals surface area contributed by atoms with Crippen LogP contribution in [0.1, 0.15) is 36.1 Å². The molecular weight excluding hydrogens is 471 g/mol. The number of piperazine rings is 2. The van der Waals surface area contributed by atoms with E-state index >= 15 is 4.39 Å². The maximum Gasteiger partial charge on any atom is 0.245 e. The highest BCUT2D eigenvalue weighted by Gasteiger charge is 2.41. The minimum absolute atomic E-state index is 0.0155. The molecule has 35 heavy (non-hydrogen) atoms. The van der Waals surface area contributed by atoms with Crippen LogP contribution in [0.15, 0.2) is 48.5 Å². The molecule has 3 aliphatic rings. The normalized spacial score (nSPS) is 26.9. The Kier molecular flexibility index (Phi) is 6.27. The first-order valence-corrected chi connectivity index (χ1v) is 13.4. The van der Waals surface area contributed by atoms with Gasteiger partial charge in [0.15, 0.2) is 0 Å². The zero-order valence-electron chi connectivity index (χ0n) is 19.6. The second-order valence-corrected chi connectivity index (χ2v) is 11.5. The van der Waals surface area contributed by atoms with E-state index in [4.69, 9.17) is 0 Å². The van der Waals surface area contributed by atoms with Crippen LogP contribution in [0.5, 0.6) is 0 Å². The first kappa shape index (κ1) is 23.7. The Labute approximate surface area is 204 Å². The summed E-state index contributed by atoms with van der Waals surface area (Å²) >= 11 is 0. The largest absolute Gasteiger partial charge is 0.367 e. The molecule has 3 heterocycles. The lowest BCUT2D eigenvalue weighted by molar-refractivity contribution is -0.145. The van der Waals surface area contributed by atoms with Gasteiger partial charge in [-0.15, -0.1) is 0 Å². The third-order valence-corrected chi connectivity index (χ3v) is 9.71. The van der Waals surface area contributed by atoms with Crippen molar-refractivity contribution in [3.05, 3.63) is 65.5 Å². The Bertz CT molecular complexity index is 1240. The molecule has 3 saturated heterocycles. The first-order valence-electron chi connectivity index (χ1n) is 11.9. The van der Waals surface area contributed by atoms with E-state index in [-0.39, 0.29) is 37.5 Å². The van der Waals surface area contributed by atoms with Crippen LogP contribution in [0.3, 0.4) is 0 Å². The zero-order valence-corrected chi connectivity index (χ0v) is 20.4. The van der Waals surface area contributed by atoms with Crippen LogP contribution in [0.4, 0.5) is 10.1 Å². The molecule has 2 aromatic rings. The molecule has 3 fully saturated rings. The van der Waals surface area contributed by atoms with Gasteiger partial charge in [-0.2, -0.15) is 4.31 Å². The second kappa shape index (κ2) is 9.23. The van der Waals surface area contributed by atoms with Gasteiger partial charge >= 0.3 is 0 Å². The van der Waals surface area contributed by atoms with Crippen molar-refractivity contribution in [2.45, 2.75) is 43.6 Å². The number of nitrogens with one attached hydrogen (secondary N) is 1. The maximum absolute atomic E-state index is 15.2. The highest BCUT2D eigenvalue weighted by Crippen LogP contribution is 2.38. The Hall–Kier alpha value is -2.98. The molecule has 2 amide bonds. The summed E-state index contributed by atoms with van der Waals surface area (Å²) in [6.07, 6.45) is 1.24. The van der Waals surface area contributed by atoms with E-state index in [2.05, 4.69) is 5.32 Å². The van der Waals surface area contributed by atoms with Crippen LogP contribution >= 0.6 is 0 Å². The fraction of sp³-hybridized carbons (Fsp3) is 0.440. The van der Waals surface area contributed by atoms with Crippen LogP contribution in [0.2, 0.25) is 0 Å². The number of anilines is 1. The molecule has 0 aromatic heterocycles. The Morgan fingerprint density at radius 3 is 2.57 bits per heavy atom. The number of amides is 2. The molecule has 0 aliphatic carbocycles. The number of fused-ring (bicyclic) bond motifs is 1. The van der Waals surface area contributed by atoms with Gasteiger partial charge < -0.3 is 15.1 Å². The molecule has 0 radical (unpaired) electrons. The van der Waals surface area contributed by atoms with Gasteiger partial charge in [-0.05, 0) is 37.5 Å². The van der Waals surface area contributed by atoms with Gasteiger partial charge in [0.05, 0.1) is 6.54 Å². The summed E-state index contributed by atoms with van der Waals surface area (Å²) in [5.41, 5.74) is 1.67.